The van der Waals surface area contributed by atoms with Crippen molar-refractivity contribution in [2.45, 2.75) is 19.8 Å². The molecule has 0 amide bonds. The Balaban J connectivity index is 2.35. The minimum atomic E-state index is -0.0793. The Morgan fingerprint density at radius 3 is 2.65 bits per heavy atom. The van der Waals surface area contributed by atoms with Crippen LogP contribution in [-0.4, -0.2) is 29.6 Å². The molecule has 0 saturated carbocycles. The molecule has 1 aromatic carbocycles. The van der Waals surface area contributed by atoms with Crippen molar-refractivity contribution in [1.82, 2.24) is 9.59 Å². The van der Waals surface area contributed by atoms with Crippen LogP contribution in [0.15, 0.2) is 18.2 Å². The van der Waals surface area contributed by atoms with Crippen molar-refractivity contribution in [1.29, 1.82) is 0 Å². The number of carbonyl (C=O) groups excluding carboxylic acids is 1. The van der Waals surface area contributed by atoms with Crippen molar-refractivity contribution in [2.75, 3.05) is 14.2 Å². The second kappa shape index (κ2) is 6.47. The fourth-order valence-corrected chi connectivity index (χ4v) is 2.56. The van der Waals surface area contributed by atoms with Gasteiger partial charge in [-0.2, -0.15) is 0 Å². The maximum Gasteiger partial charge on any atom is 0.206 e. The normalized spacial score (nSPS) is 10.3. The smallest absolute Gasteiger partial charge is 0.206 e. The second-order valence-corrected chi connectivity index (χ2v) is 4.95. The van der Waals surface area contributed by atoms with Crippen molar-refractivity contribution in [3.05, 3.63) is 34.3 Å². The van der Waals surface area contributed by atoms with E-state index in [0.29, 0.717) is 21.9 Å². The van der Waals surface area contributed by atoms with Crippen molar-refractivity contribution >= 4 is 17.3 Å². The van der Waals surface area contributed by atoms with Gasteiger partial charge in [-0.15, -0.1) is 5.10 Å². The average molecular weight is 292 g/mol. The third-order valence-electron chi connectivity index (χ3n) is 2.89. The van der Waals surface area contributed by atoms with E-state index in [9.17, 15) is 4.79 Å². The van der Waals surface area contributed by atoms with Gasteiger partial charge in [0.2, 0.25) is 5.78 Å². The minimum absolute atomic E-state index is 0.0793. The zero-order chi connectivity index (χ0) is 14.5. The van der Waals surface area contributed by atoms with Gasteiger partial charge in [-0.1, -0.05) is 17.8 Å². The summed E-state index contributed by atoms with van der Waals surface area (Å²) in [6.45, 7) is 2.05. The van der Waals surface area contributed by atoms with E-state index in [1.807, 2.05) is 6.92 Å². The van der Waals surface area contributed by atoms with Crippen LogP contribution < -0.4 is 9.47 Å². The monoisotopic (exact) mass is 292 g/mol. The molecule has 0 bridgehead atoms. The first-order chi connectivity index (χ1) is 9.71. The predicted octanol–water partition coefficient (Wildman–Crippen LogP) is 2.74. The molecule has 0 fully saturated rings. The lowest BCUT2D eigenvalue weighted by atomic mass is 10.1. The SMILES string of the molecule is CCCc1nnsc1C(=O)c1ccc(OC)c(OC)c1. The number of aromatic nitrogens is 2. The fraction of sp³-hybridized carbons (Fsp3) is 0.357. The molecule has 20 heavy (non-hydrogen) atoms. The van der Waals surface area contributed by atoms with E-state index in [2.05, 4.69) is 9.59 Å². The van der Waals surface area contributed by atoms with Crippen LogP contribution in [0.25, 0.3) is 0 Å². The molecular formula is C14H16N2O3S. The second-order valence-electron chi connectivity index (χ2n) is 4.20. The summed E-state index contributed by atoms with van der Waals surface area (Å²) >= 11 is 1.13. The Morgan fingerprint density at radius 2 is 2.00 bits per heavy atom. The van der Waals surface area contributed by atoms with Gasteiger partial charge >= 0.3 is 0 Å². The van der Waals surface area contributed by atoms with Gasteiger partial charge in [0.1, 0.15) is 4.88 Å². The quantitative estimate of drug-likeness (QED) is 0.766. The van der Waals surface area contributed by atoms with Crippen LogP contribution >= 0.6 is 11.5 Å². The molecule has 1 heterocycles. The number of benzene rings is 1. The van der Waals surface area contributed by atoms with E-state index < -0.39 is 0 Å². The van der Waals surface area contributed by atoms with Crippen LogP contribution in [0.1, 0.15) is 34.3 Å². The summed E-state index contributed by atoms with van der Waals surface area (Å²) in [7, 11) is 3.11. The first-order valence-electron chi connectivity index (χ1n) is 6.29. The Labute approximate surface area is 121 Å². The van der Waals surface area contributed by atoms with Gasteiger partial charge in [-0.25, -0.2) is 0 Å². The van der Waals surface area contributed by atoms with Gasteiger partial charge < -0.3 is 9.47 Å². The van der Waals surface area contributed by atoms with Gasteiger partial charge in [0.15, 0.2) is 11.5 Å². The first kappa shape index (κ1) is 14.5. The van der Waals surface area contributed by atoms with Crippen LogP contribution in [0.3, 0.4) is 0 Å². The van der Waals surface area contributed by atoms with Gasteiger partial charge in [0, 0.05) is 5.56 Å². The number of nitrogens with zero attached hydrogens (tertiary/aromatic N) is 2. The van der Waals surface area contributed by atoms with E-state index in [1.165, 1.54) is 0 Å². The highest BCUT2D eigenvalue weighted by molar-refractivity contribution is 7.08. The maximum atomic E-state index is 12.5. The van der Waals surface area contributed by atoms with Crippen molar-refractivity contribution in [2.24, 2.45) is 0 Å². The molecule has 1 aromatic heterocycles. The van der Waals surface area contributed by atoms with Crippen LogP contribution in [0.4, 0.5) is 0 Å². The lowest BCUT2D eigenvalue weighted by Gasteiger charge is -2.08. The number of hydrogen-bond donors (Lipinski definition) is 0. The number of ether oxygens (including phenoxy) is 2. The lowest BCUT2D eigenvalue weighted by Crippen LogP contribution is -2.04. The van der Waals surface area contributed by atoms with E-state index in [4.69, 9.17) is 9.47 Å². The molecule has 0 N–H and O–H groups in total. The Bertz CT molecular complexity index is 610. The standard InChI is InChI=1S/C14H16N2O3S/c1-4-5-10-14(20-16-15-10)13(17)9-6-7-11(18-2)12(8-9)19-3/h6-8H,4-5H2,1-3H3. The third kappa shape index (κ3) is 2.80. The fourth-order valence-electron chi connectivity index (χ4n) is 1.89. The predicted molar refractivity (Wildman–Crippen MR) is 76.9 cm³/mol. The molecule has 0 spiro atoms. The lowest BCUT2D eigenvalue weighted by molar-refractivity contribution is 0.104. The molecular weight excluding hydrogens is 276 g/mol. The molecule has 0 atom stereocenters. The van der Waals surface area contributed by atoms with E-state index in [0.717, 1.165) is 30.1 Å². The molecule has 5 nitrogen and oxygen atoms in total. The zero-order valence-corrected chi connectivity index (χ0v) is 12.5. The number of aryl methyl sites for hydroxylation is 1. The minimum Gasteiger partial charge on any atom is -0.493 e. The molecule has 0 saturated heterocycles. The van der Waals surface area contributed by atoms with Crippen LogP contribution in [-0.2, 0) is 6.42 Å². The van der Waals surface area contributed by atoms with Crippen LogP contribution in [0.2, 0.25) is 0 Å². The molecule has 0 unspecified atom stereocenters. The molecule has 0 aliphatic carbocycles. The largest absolute Gasteiger partial charge is 0.493 e. The third-order valence-corrected chi connectivity index (χ3v) is 3.66. The summed E-state index contributed by atoms with van der Waals surface area (Å²) in [5.74, 6) is 1.05. The van der Waals surface area contributed by atoms with Crippen molar-refractivity contribution in [3.63, 3.8) is 0 Å². The summed E-state index contributed by atoms with van der Waals surface area (Å²) in [6, 6.07) is 5.12. The molecule has 2 aromatic rings. The highest BCUT2D eigenvalue weighted by atomic mass is 32.1. The average Bonchev–Trinajstić information content (AvgIpc) is 2.94. The Hall–Kier alpha value is -1.95. The molecule has 0 aliphatic heterocycles. The number of methoxy groups -OCH3 is 2. The summed E-state index contributed by atoms with van der Waals surface area (Å²) in [4.78, 5) is 13.1. The highest BCUT2D eigenvalue weighted by Gasteiger charge is 2.19. The molecule has 0 aliphatic rings. The maximum absolute atomic E-state index is 12.5. The number of rotatable bonds is 6. The van der Waals surface area contributed by atoms with E-state index in [-0.39, 0.29) is 5.78 Å². The van der Waals surface area contributed by atoms with Crippen molar-refractivity contribution < 1.29 is 14.3 Å². The van der Waals surface area contributed by atoms with E-state index in [1.54, 1.807) is 32.4 Å². The van der Waals surface area contributed by atoms with E-state index >= 15 is 0 Å². The first-order valence-corrected chi connectivity index (χ1v) is 7.06. The molecule has 2 rings (SSSR count). The molecule has 6 heteroatoms. The zero-order valence-electron chi connectivity index (χ0n) is 11.7. The van der Waals surface area contributed by atoms with Gasteiger partial charge in [-0.3, -0.25) is 4.79 Å². The summed E-state index contributed by atoms with van der Waals surface area (Å²) in [5.41, 5.74) is 1.31. The Kier molecular flexibility index (Phi) is 4.68. The summed E-state index contributed by atoms with van der Waals surface area (Å²) in [5, 5.41) is 4.02. The Morgan fingerprint density at radius 1 is 1.25 bits per heavy atom. The highest BCUT2D eigenvalue weighted by Crippen LogP contribution is 2.29. The van der Waals surface area contributed by atoms with Gasteiger partial charge in [0.05, 0.1) is 19.9 Å². The van der Waals surface area contributed by atoms with Gasteiger partial charge in [-0.05, 0) is 36.2 Å². The van der Waals surface area contributed by atoms with Crippen LogP contribution in [0, 0.1) is 0 Å². The molecule has 106 valence electrons. The topological polar surface area (TPSA) is 61.3 Å². The number of carbonyl (C=O) groups is 1. The molecule has 0 radical (unpaired) electrons. The van der Waals surface area contributed by atoms with Crippen molar-refractivity contribution in [3.8, 4) is 11.5 Å². The number of hydrogen-bond acceptors (Lipinski definition) is 6. The summed E-state index contributed by atoms with van der Waals surface area (Å²) < 4.78 is 14.3. The number of ketones is 1. The van der Waals surface area contributed by atoms with Gasteiger partial charge in [0.25, 0.3) is 0 Å². The van der Waals surface area contributed by atoms with Crippen LogP contribution in [0.5, 0.6) is 11.5 Å². The summed E-state index contributed by atoms with van der Waals surface area (Å²) in [6.07, 6.45) is 1.68.